The van der Waals surface area contributed by atoms with Gasteiger partial charge in [-0.05, 0) is 49.7 Å². The molecule has 0 radical (unpaired) electrons. The molecule has 12 heteroatoms. The monoisotopic (exact) mass is 554 g/mol. The van der Waals surface area contributed by atoms with Crippen molar-refractivity contribution in [2.24, 2.45) is 0 Å². The van der Waals surface area contributed by atoms with Gasteiger partial charge in [-0.2, -0.15) is 0 Å². The number of sulfonamides is 1. The van der Waals surface area contributed by atoms with Crippen LogP contribution >= 0.6 is 22.9 Å². The zero-order chi connectivity index (χ0) is 25.9. The summed E-state index contributed by atoms with van der Waals surface area (Å²) in [5, 5.41) is 3.93. The van der Waals surface area contributed by atoms with Gasteiger partial charge in [0.2, 0.25) is 5.91 Å². The maximum atomic E-state index is 14.8. The zero-order valence-electron chi connectivity index (χ0n) is 19.5. The Morgan fingerprint density at radius 3 is 2.58 bits per heavy atom. The van der Waals surface area contributed by atoms with E-state index in [9.17, 15) is 22.0 Å². The molecular formula is C24H25ClF2N4O3S2. The van der Waals surface area contributed by atoms with Crippen LogP contribution in [0.3, 0.4) is 0 Å². The minimum Gasteiger partial charge on any atom is -0.340 e. The Morgan fingerprint density at radius 2 is 1.89 bits per heavy atom. The minimum atomic E-state index is -4.32. The van der Waals surface area contributed by atoms with Crippen LogP contribution in [0.4, 0.5) is 14.5 Å². The molecule has 2 aromatic carbocycles. The molecule has 1 atom stereocenters. The molecule has 3 aromatic rings. The van der Waals surface area contributed by atoms with E-state index in [2.05, 4.69) is 10.3 Å². The molecule has 1 saturated heterocycles. The van der Waals surface area contributed by atoms with Gasteiger partial charge in [-0.3, -0.25) is 9.10 Å². The van der Waals surface area contributed by atoms with Crippen molar-refractivity contribution in [3.05, 3.63) is 75.2 Å². The molecule has 4 rings (SSSR count). The number of nitrogens with zero attached hydrogens (tertiary/aromatic N) is 3. The summed E-state index contributed by atoms with van der Waals surface area (Å²) in [6, 6.07) is 7.15. The maximum absolute atomic E-state index is 14.8. The number of rotatable bonds is 8. The molecule has 2 heterocycles. The van der Waals surface area contributed by atoms with E-state index in [0.717, 1.165) is 40.5 Å². The molecule has 1 N–H and O–H groups in total. The normalized spacial score (nSPS) is 15.1. The summed E-state index contributed by atoms with van der Waals surface area (Å²) in [6.45, 7) is 4.43. The number of hydrogen-bond acceptors (Lipinski definition) is 6. The first-order valence-electron chi connectivity index (χ1n) is 11.3. The summed E-state index contributed by atoms with van der Waals surface area (Å²) < 4.78 is 57.0. The number of anilines is 1. The lowest BCUT2D eigenvalue weighted by atomic mass is 10.2. The Kier molecular flexibility index (Phi) is 8.23. The third-order valence-corrected chi connectivity index (χ3v) is 9.23. The number of benzene rings is 2. The summed E-state index contributed by atoms with van der Waals surface area (Å²) in [6.07, 6.45) is 2.35. The predicted molar refractivity (Wildman–Crippen MR) is 136 cm³/mol. The van der Waals surface area contributed by atoms with E-state index in [-0.39, 0.29) is 10.8 Å². The lowest BCUT2D eigenvalue weighted by Crippen LogP contribution is -2.46. The minimum absolute atomic E-state index is 0.0493. The van der Waals surface area contributed by atoms with Crippen molar-refractivity contribution in [2.75, 3.05) is 30.5 Å². The third kappa shape index (κ3) is 5.86. The summed E-state index contributed by atoms with van der Waals surface area (Å²) >= 11 is 7.15. The van der Waals surface area contributed by atoms with Gasteiger partial charge in [-0.15, -0.1) is 11.3 Å². The van der Waals surface area contributed by atoms with Crippen molar-refractivity contribution in [3.8, 4) is 0 Å². The average Bonchev–Trinajstić information content (AvgIpc) is 3.34. The number of nitrogens with one attached hydrogen (secondary N) is 1. The Morgan fingerprint density at radius 1 is 1.19 bits per heavy atom. The SMILES string of the molecule is CC(c1ncc(CCC(=O)N2CCNCC2)s1)N(c1cc(F)ccc1F)S(=O)(=O)c1ccc(Cl)cc1. The lowest BCUT2D eigenvalue weighted by molar-refractivity contribution is -0.131. The molecule has 192 valence electrons. The van der Waals surface area contributed by atoms with E-state index in [0.29, 0.717) is 36.0 Å². The average molecular weight is 555 g/mol. The van der Waals surface area contributed by atoms with Crippen LogP contribution < -0.4 is 9.62 Å². The maximum Gasteiger partial charge on any atom is 0.265 e. The van der Waals surface area contributed by atoms with Crippen LogP contribution in [-0.4, -0.2) is 50.4 Å². The fraction of sp³-hybridized carbons (Fsp3) is 0.333. The highest BCUT2D eigenvalue weighted by Crippen LogP contribution is 2.37. The van der Waals surface area contributed by atoms with Gasteiger partial charge in [-0.1, -0.05) is 11.6 Å². The van der Waals surface area contributed by atoms with Gasteiger partial charge in [0.25, 0.3) is 10.0 Å². The smallest absolute Gasteiger partial charge is 0.265 e. The van der Waals surface area contributed by atoms with Crippen LogP contribution in [0, 0.1) is 11.6 Å². The number of halogens is 3. The van der Waals surface area contributed by atoms with Gasteiger partial charge in [0, 0.05) is 54.8 Å². The second kappa shape index (κ2) is 11.2. The molecule has 0 saturated carbocycles. The van der Waals surface area contributed by atoms with Gasteiger partial charge in [0.1, 0.15) is 16.6 Å². The number of aryl methyl sites for hydroxylation is 1. The highest BCUT2D eigenvalue weighted by atomic mass is 35.5. The number of carbonyl (C=O) groups excluding carboxylic acids is 1. The largest absolute Gasteiger partial charge is 0.340 e. The molecule has 1 fully saturated rings. The molecule has 1 aliphatic heterocycles. The summed E-state index contributed by atoms with van der Waals surface area (Å²) in [7, 11) is -4.32. The molecule has 1 unspecified atom stereocenters. The molecular weight excluding hydrogens is 530 g/mol. The van der Waals surface area contributed by atoms with Crippen molar-refractivity contribution < 1.29 is 22.0 Å². The van der Waals surface area contributed by atoms with E-state index in [1.807, 2.05) is 4.90 Å². The third-order valence-electron chi connectivity index (χ3n) is 5.85. The molecule has 1 aliphatic rings. The zero-order valence-corrected chi connectivity index (χ0v) is 21.8. The second-order valence-corrected chi connectivity index (χ2v) is 11.7. The van der Waals surface area contributed by atoms with Gasteiger partial charge >= 0.3 is 0 Å². The van der Waals surface area contributed by atoms with Crippen molar-refractivity contribution in [1.82, 2.24) is 15.2 Å². The molecule has 1 amide bonds. The highest BCUT2D eigenvalue weighted by molar-refractivity contribution is 7.92. The van der Waals surface area contributed by atoms with E-state index < -0.39 is 33.4 Å². The molecule has 36 heavy (non-hydrogen) atoms. The van der Waals surface area contributed by atoms with Crippen molar-refractivity contribution in [3.63, 3.8) is 0 Å². The van der Waals surface area contributed by atoms with E-state index in [4.69, 9.17) is 11.6 Å². The molecule has 0 bridgehead atoms. The van der Waals surface area contributed by atoms with Crippen LogP contribution in [0.5, 0.6) is 0 Å². The topological polar surface area (TPSA) is 82.6 Å². The Labute approximate surface area is 217 Å². The van der Waals surface area contributed by atoms with Crippen molar-refractivity contribution in [2.45, 2.75) is 30.7 Å². The first-order chi connectivity index (χ1) is 17.2. The van der Waals surface area contributed by atoms with E-state index in [1.165, 1.54) is 35.6 Å². The number of aromatic nitrogens is 1. The summed E-state index contributed by atoms with van der Waals surface area (Å²) in [5.74, 6) is -1.62. The molecule has 0 aliphatic carbocycles. The Hall–Kier alpha value is -2.60. The summed E-state index contributed by atoms with van der Waals surface area (Å²) in [4.78, 5) is 19.3. The van der Waals surface area contributed by atoms with Gasteiger partial charge < -0.3 is 10.2 Å². The predicted octanol–water partition coefficient (Wildman–Crippen LogP) is 4.40. The number of carbonyl (C=O) groups is 1. The number of piperazine rings is 1. The molecule has 0 spiro atoms. The van der Waals surface area contributed by atoms with Gasteiger partial charge in [0.05, 0.1) is 16.6 Å². The highest BCUT2D eigenvalue weighted by Gasteiger charge is 2.34. The van der Waals surface area contributed by atoms with Crippen LogP contribution in [0.15, 0.2) is 53.6 Å². The first-order valence-corrected chi connectivity index (χ1v) is 14.0. The second-order valence-electron chi connectivity index (χ2n) is 8.32. The lowest BCUT2D eigenvalue weighted by Gasteiger charge is -2.29. The van der Waals surface area contributed by atoms with Crippen molar-refractivity contribution in [1.29, 1.82) is 0 Å². The molecule has 7 nitrogen and oxygen atoms in total. The van der Waals surface area contributed by atoms with Crippen molar-refractivity contribution >= 4 is 44.6 Å². The van der Waals surface area contributed by atoms with Gasteiger partial charge in [0.15, 0.2) is 0 Å². The number of amides is 1. The van der Waals surface area contributed by atoms with Crippen LogP contribution in [-0.2, 0) is 21.2 Å². The van der Waals surface area contributed by atoms with Gasteiger partial charge in [-0.25, -0.2) is 22.2 Å². The summed E-state index contributed by atoms with van der Waals surface area (Å²) in [5.41, 5.74) is -0.428. The number of thiazole rings is 1. The quantitative estimate of drug-likeness (QED) is 0.446. The standard InChI is InChI=1S/C24H25ClF2N4O3S2/c1-16(24-29-15-19(35-24)5-9-23(32)30-12-10-28-11-13-30)31(22-14-18(26)4-8-21(22)27)36(33,34)20-6-2-17(25)3-7-20/h2-4,6-8,14-16,28H,5,9-13H2,1H3. The van der Waals surface area contributed by atoms with E-state index in [1.54, 1.807) is 13.1 Å². The first kappa shape index (κ1) is 26.5. The number of hydrogen-bond donors (Lipinski definition) is 1. The van der Waals surface area contributed by atoms with Crippen LogP contribution in [0.1, 0.15) is 29.3 Å². The molecule has 1 aromatic heterocycles. The van der Waals surface area contributed by atoms with Crippen LogP contribution in [0.2, 0.25) is 5.02 Å². The fourth-order valence-electron chi connectivity index (χ4n) is 3.96. The Balaban J connectivity index is 1.62. The van der Waals surface area contributed by atoms with Crippen LogP contribution in [0.25, 0.3) is 0 Å². The fourth-order valence-corrected chi connectivity index (χ4v) is 6.73. The Bertz CT molecular complexity index is 1330. The van der Waals surface area contributed by atoms with E-state index >= 15 is 0 Å².